The lowest BCUT2D eigenvalue weighted by Crippen LogP contribution is -1.94. The molecule has 0 aliphatic rings. The zero-order valence-electron chi connectivity index (χ0n) is 8.70. The van der Waals surface area contributed by atoms with Gasteiger partial charge in [-0.3, -0.25) is 0 Å². The molecule has 1 aromatic carbocycles. The number of aryl methyl sites for hydroxylation is 1. The van der Waals surface area contributed by atoms with Gasteiger partial charge in [0.1, 0.15) is 5.82 Å². The van der Waals surface area contributed by atoms with E-state index >= 15 is 0 Å². The Kier molecular flexibility index (Phi) is 2.97. The summed E-state index contributed by atoms with van der Waals surface area (Å²) < 4.78 is 19.2. The lowest BCUT2D eigenvalue weighted by Gasteiger charge is -2.02. The highest BCUT2D eigenvalue weighted by atomic mass is 79.9. The summed E-state index contributed by atoms with van der Waals surface area (Å²) in [5.41, 5.74) is 0.655. The number of carbonyl (C=O) groups is 1. The van der Waals surface area contributed by atoms with Crippen LogP contribution < -0.4 is 0 Å². The van der Waals surface area contributed by atoms with Crippen LogP contribution in [0.25, 0.3) is 11.3 Å². The Labute approximate surface area is 104 Å². The normalized spacial score (nSPS) is 10.5. The van der Waals surface area contributed by atoms with E-state index in [-0.39, 0.29) is 17.0 Å². The number of benzene rings is 1. The van der Waals surface area contributed by atoms with Gasteiger partial charge in [0.15, 0.2) is 11.5 Å². The summed E-state index contributed by atoms with van der Waals surface area (Å²) in [6.07, 6.45) is 0. The Balaban J connectivity index is 2.52. The van der Waals surface area contributed by atoms with Crippen molar-refractivity contribution in [1.29, 1.82) is 0 Å². The number of halogens is 2. The first-order valence-corrected chi connectivity index (χ1v) is 5.44. The van der Waals surface area contributed by atoms with Crippen molar-refractivity contribution in [2.24, 2.45) is 0 Å². The van der Waals surface area contributed by atoms with Gasteiger partial charge >= 0.3 is 5.97 Å². The zero-order chi connectivity index (χ0) is 12.6. The van der Waals surface area contributed by atoms with Gasteiger partial charge in [0, 0.05) is 10.5 Å². The lowest BCUT2D eigenvalue weighted by atomic mass is 10.1. The van der Waals surface area contributed by atoms with Crippen LogP contribution >= 0.6 is 15.9 Å². The van der Waals surface area contributed by atoms with E-state index in [4.69, 9.17) is 9.63 Å². The molecule has 0 bridgehead atoms. The molecule has 17 heavy (non-hydrogen) atoms. The highest BCUT2D eigenvalue weighted by Crippen LogP contribution is 2.29. The number of aromatic nitrogens is 1. The third-order valence-corrected chi connectivity index (χ3v) is 3.10. The maximum atomic E-state index is 13.7. The maximum absolute atomic E-state index is 13.7. The molecule has 88 valence electrons. The SMILES string of the molecule is Cc1cc(F)c(-c2cc(C(=O)O)no2)cc1Br. The smallest absolute Gasteiger partial charge is 0.358 e. The number of carboxylic acid groups (broad SMARTS) is 1. The molecule has 0 radical (unpaired) electrons. The molecule has 0 aliphatic heterocycles. The van der Waals surface area contributed by atoms with Gasteiger partial charge in [0.2, 0.25) is 0 Å². The quantitative estimate of drug-likeness (QED) is 0.924. The Bertz CT molecular complexity index is 594. The van der Waals surface area contributed by atoms with Crippen LogP contribution in [0, 0.1) is 12.7 Å². The number of rotatable bonds is 2. The van der Waals surface area contributed by atoms with Crippen molar-refractivity contribution in [2.45, 2.75) is 6.92 Å². The molecular formula is C11H7BrFNO3. The molecule has 0 fully saturated rings. The second-order valence-electron chi connectivity index (χ2n) is 3.46. The predicted octanol–water partition coefficient (Wildman–Crippen LogP) is 3.25. The first-order chi connectivity index (χ1) is 7.99. The second kappa shape index (κ2) is 4.29. The van der Waals surface area contributed by atoms with E-state index in [9.17, 15) is 9.18 Å². The fourth-order valence-electron chi connectivity index (χ4n) is 1.34. The van der Waals surface area contributed by atoms with Crippen LogP contribution in [-0.2, 0) is 0 Å². The Morgan fingerprint density at radius 3 is 2.76 bits per heavy atom. The average Bonchev–Trinajstić information content (AvgIpc) is 2.72. The van der Waals surface area contributed by atoms with E-state index < -0.39 is 11.8 Å². The minimum Gasteiger partial charge on any atom is -0.476 e. The van der Waals surface area contributed by atoms with E-state index in [1.807, 2.05) is 0 Å². The van der Waals surface area contributed by atoms with Crippen LogP contribution in [0.4, 0.5) is 4.39 Å². The van der Waals surface area contributed by atoms with Gasteiger partial charge in [-0.2, -0.15) is 0 Å². The summed E-state index contributed by atoms with van der Waals surface area (Å²) in [6, 6.07) is 4.04. The molecule has 0 amide bonds. The van der Waals surface area contributed by atoms with Crippen LogP contribution in [0.2, 0.25) is 0 Å². The molecule has 1 heterocycles. The van der Waals surface area contributed by atoms with Crippen LogP contribution in [-0.4, -0.2) is 16.2 Å². The third-order valence-electron chi connectivity index (χ3n) is 2.24. The number of carboxylic acids is 1. The van der Waals surface area contributed by atoms with Crippen molar-refractivity contribution >= 4 is 21.9 Å². The van der Waals surface area contributed by atoms with Crippen molar-refractivity contribution in [1.82, 2.24) is 5.16 Å². The number of hydrogen-bond donors (Lipinski definition) is 1. The number of aromatic carboxylic acids is 1. The summed E-state index contributed by atoms with van der Waals surface area (Å²) in [5, 5.41) is 12.0. The highest BCUT2D eigenvalue weighted by Gasteiger charge is 2.16. The molecule has 1 aromatic heterocycles. The van der Waals surface area contributed by atoms with Gasteiger partial charge in [-0.15, -0.1) is 0 Å². The standard InChI is InChI=1S/C11H7BrFNO3/c1-5-2-8(13)6(3-7(5)12)10-4-9(11(15)16)14-17-10/h2-4H,1H3,(H,15,16). The first kappa shape index (κ1) is 11.8. The fourth-order valence-corrected chi connectivity index (χ4v) is 1.68. The van der Waals surface area contributed by atoms with Gasteiger partial charge in [-0.1, -0.05) is 21.1 Å². The lowest BCUT2D eigenvalue weighted by molar-refractivity contribution is 0.0686. The fraction of sp³-hybridized carbons (Fsp3) is 0.0909. The molecule has 2 rings (SSSR count). The van der Waals surface area contributed by atoms with Crippen LogP contribution in [0.15, 0.2) is 27.2 Å². The summed E-state index contributed by atoms with van der Waals surface area (Å²) in [6.45, 7) is 1.75. The summed E-state index contributed by atoms with van der Waals surface area (Å²) >= 11 is 3.27. The van der Waals surface area contributed by atoms with Gasteiger partial charge in [0.05, 0.1) is 5.56 Å². The summed E-state index contributed by atoms with van der Waals surface area (Å²) in [4.78, 5) is 10.6. The topological polar surface area (TPSA) is 63.3 Å². The van der Waals surface area contributed by atoms with Crippen molar-refractivity contribution in [3.05, 3.63) is 39.7 Å². The zero-order valence-corrected chi connectivity index (χ0v) is 10.3. The van der Waals surface area contributed by atoms with E-state index in [0.717, 1.165) is 5.56 Å². The first-order valence-electron chi connectivity index (χ1n) is 4.65. The largest absolute Gasteiger partial charge is 0.476 e. The minimum absolute atomic E-state index is 0.0839. The van der Waals surface area contributed by atoms with Gasteiger partial charge in [0.25, 0.3) is 0 Å². The van der Waals surface area contributed by atoms with E-state index in [2.05, 4.69) is 21.1 Å². The Morgan fingerprint density at radius 1 is 1.47 bits per heavy atom. The monoisotopic (exact) mass is 299 g/mol. The van der Waals surface area contributed by atoms with E-state index in [1.165, 1.54) is 18.2 Å². The molecule has 1 N–H and O–H groups in total. The summed E-state index contributed by atoms with van der Waals surface area (Å²) in [5.74, 6) is -1.62. The van der Waals surface area contributed by atoms with Crippen molar-refractivity contribution in [3.63, 3.8) is 0 Å². The molecule has 2 aromatic rings. The van der Waals surface area contributed by atoms with Gasteiger partial charge in [-0.05, 0) is 24.6 Å². The van der Waals surface area contributed by atoms with E-state index in [0.29, 0.717) is 4.47 Å². The second-order valence-corrected chi connectivity index (χ2v) is 4.32. The molecule has 4 nitrogen and oxygen atoms in total. The van der Waals surface area contributed by atoms with Crippen molar-refractivity contribution in [3.8, 4) is 11.3 Å². The molecule has 0 aliphatic carbocycles. The molecule has 0 saturated heterocycles. The third kappa shape index (κ3) is 2.21. The molecule has 0 unspecified atom stereocenters. The molecular weight excluding hydrogens is 293 g/mol. The molecule has 0 spiro atoms. The molecule has 0 saturated carbocycles. The van der Waals surface area contributed by atoms with Crippen molar-refractivity contribution < 1.29 is 18.8 Å². The molecule has 6 heteroatoms. The summed E-state index contributed by atoms with van der Waals surface area (Å²) in [7, 11) is 0. The average molecular weight is 300 g/mol. The van der Waals surface area contributed by atoms with Gasteiger partial charge < -0.3 is 9.63 Å². The Morgan fingerprint density at radius 2 is 2.18 bits per heavy atom. The number of nitrogens with zero attached hydrogens (tertiary/aromatic N) is 1. The van der Waals surface area contributed by atoms with Gasteiger partial charge in [-0.25, -0.2) is 9.18 Å². The minimum atomic E-state index is -1.22. The highest BCUT2D eigenvalue weighted by molar-refractivity contribution is 9.10. The Hall–Kier alpha value is -1.69. The number of hydrogen-bond acceptors (Lipinski definition) is 3. The predicted molar refractivity (Wildman–Crippen MR) is 61.3 cm³/mol. The van der Waals surface area contributed by atoms with Crippen LogP contribution in [0.1, 0.15) is 16.1 Å². The molecule has 0 atom stereocenters. The van der Waals surface area contributed by atoms with E-state index in [1.54, 1.807) is 6.92 Å². The van der Waals surface area contributed by atoms with Crippen LogP contribution in [0.5, 0.6) is 0 Å². The van der Waals surface area contributed by atoms with Crippen molar-refractivity contribution in [2.75, 3.05) is 0 Å². The van der Waals surface area contributed by atoms with Crippen LogP contribution in [0.3, 0.4) is 0 Å². The maximum Gasteiger partial charge on any atom is 0.358 e.